The van der Waals surface area contributed by atoms with Crippen molar-refractivity contribution in [2.45, 2.75) is 18.8 Å². The molecule has 0 saturated carbocycles. The molecule has 0 aliphatic carbocycles. The Hall–Kier alpha value is -2.94. The summed E-state index contributed by atoms with van der Waals surface area (Å²) in [7, 11) is 0. The molecule has 3 aromatic rings. The highest BCUT2D eigenvalue weighted by molar-refractivity contribution is 9.10. The number of fused-ring (bicyclic) bond motifs is 1. The Balaban J connectivity index is 1.39. The van der Waals surface area contributed by atoms with E-state index in [-0.39, 0.29) is 17.5 Å². The topological polar surface area (TPSA) is 94.1 Å². The van der Waals surface area contributed by atoms with Gasteiger partial charge in [-0.2, -0.15) is 0 Å². The van der Waals surface area contributed by atoms with E-state index in [1.807, 2.05) is 18.2 Å². The highest BCUT2D eigenvalue weighted by Gasteiger charge is 2.30. The van der Waals surface area contributed by atoms with Crippen LogP contribution in [0.4, 0.5) is 0 Å². The molecule has 0 radical (unpaired) electrons. The highest BCUT2D eigenvalue weighted by atomic mass is 79.9. The molecule has 4 rings (SSSR count). The Kier molecular flexibility index (Phi) is 8.05. The smallest absolute Gasteiger partial charge is 0.294 e. The molecule has 0 bridgehead atoms. The predicted octanol–water partition coefficient (Wildman–Crippen LogP) is 6.68. The van der Waals surface area contributed by atoms with E-state index >= 15 is 0 Å². The number of nitrogens with one attached hydrogen (secondary N) is 1. The molecule has 1 aliphatic heterocycles. The van der Waals surface area contributed by atoms with Gasteiger partial charge in [-0.25, -0.2) is 0 Å². The maximum Gasteiger partial charge on any atom is 0.294 e. The Morgan fingerprint density at radius 1 is 1.11 bits per heavy atom. The van der Waals surface area contributed by atoms with Gasteiger partial charge >= 0.3 is 0 Å². The largest absolute Gasteiger partial charge is 0.493 e. The molecule has 0 saturated heterocycles. The minimum Gasteiger partial charge on any atom is -0.493 e. The molecular formula is C25H19BrCl2N2O5. The van der Waals surface area contributed by atoms with Gasteiger partial charge < -0.3 is 14.8 Å². The Morgan fingerprint density at radius 2 is 1.89 bits per heavy atom. The van der Waals surface area contributed by atoms with Crippen LogP contribution in [-0.2, 0) is 11.2 Å². The van der Waals surface area contributed by atoms with Gasteiger partial charge in [-0.05, 0) is 60.9 Å². The maximum absolute atomic E-state index is 12.5. The molecule has 1 unspecified atom stereocenters. The summed E-state index contributed by atoms with van der Waals surface area (Å²) in [6.07, 6.45) is 1.01. The van der Waals surface area contributed by atoms with Crippen molar-refractivity contribution in [1.82, 2.24) is 5.32 Å². The molecule has 0 fully saturated rings. The Bertz CT molecular complexity index is 1280. The number of rotatable bonds is 7. The van der Waals surface area contributed by atoms with Crippen LogP contribution in [-0.4, -0.2) is 25.0 Å². The van der Waals surface area contributed by atoms with Gasteiger partial charge in [0.05, 0.1) is 17.5 Å². The van der Waals surface area contributed by atoms with Crippen molar-refractivity contribution in [3.8, 4) is 17.2 Å². The number of hydrogen-bond donors (Lipinski definition) is 1. The first-order valence-electron chi connectivity index (χ1n) is 10.7. The summed E-state index contributed by atoms with van der Waals surface area (Å²) in [6.45, 7) is 0.740. The van der Waals surface area contributed by atoms with Crippen LogP contribution < -0.4 is 14.8 Å². The van der Waals surface area contributed by atoms with Crippen molar-refractivity contribution in [2.75, 3.05) is 13.2 Å². The molecule has 7 nitrogen and oxygen atoms in total. The molecule has 1 aliphatic rings. The van der Waals surface area contributed by atoms with Crippen molar-refractivity contribution < 1.29 is 19.1 Å². The second-order valence-electron chi connectivity index (χ2n) is 7.81. The lowest BCUT2D eigenvalue weighted by atomic mass is 9.92. The molecule has 2 amide bonds. The molecule has 0 spiro atoms. The fourth-order valence-corrected chi connectivity index (χ4v) is 4.82. The average molecular weight is 578 g/mol. The SMILES string of the molecule is O=NC(=O)C1CCOc2cc(Oc3ccc(C(=O)NCCc4ccc(Cl)cc4Br)cc3)c(Cl)cc21. The molecule has 35 heavy (non-hydrogen) atoms. The number of nitrogens with zero attached hydrogens (tertiary/aromatic N) is 1. The maximum atomic E-state index is 12.5. The van der Waals surface area contributed by atoms with E-state index in [4.69, 9.17) is 32.7 Å². The first kappa shape index (κ1) is 25.2. The summed E-state index contributed by atoms with van der Waals surface area (Å²) < 4.78 is 12.4. The standard InChI is InChI=1S/C25H19BrCl2N2O5/c26-20-11-16(27)4-1-14(20)7-9-29-24(31)15-2-5-17(6-3-15)35-23-13-22-19(12-21(23)28)18(8-10-34-22)25(32)30-33/h1-6,11-13,18H,7-10H2,(H,29,31). The van der Waals surface area contributed by atoms with Gasteiger partial charge in [-0.1, -0.05) is 45.2 Å². The summed E-state index contributed by atoms with van der Waals surface area (Å²) in [6, 6.07) is 15.3. The van der Waals surface area contributed by atoms with Crippen molar-refractivity contribution in [1.29, 1.82) is 0 Å². The summed E-state index contributed by atoms with van der Waals surface area (Å²) >= 11 is 15.8. The molecule has 0 aromatic heterocycles. The predicted molar refractivity (Wildman–Crippen MR) is 137 cm³/mol. The zero-order chi connectivity index (χ0) is 24.9. The van der Waals surface area contributed by atoms with E-state index in [2.05, 4.69) is 26.4 Å². The quantitative estimate of drug-likeness (QED) is 0.316. The third-order valence-corrected chi connectivity index (χ3v) is 6.80. The third-order valence-electron chi connectivity index (χ3n) is 5.53. The van der Waals surface area contributed by atoms with Crippen LogP contribution in [0.1, 0.15) is 33.8 Å². The van der Waals surface area contributed by atoms with E-state index in [1.54, 1.807) is 36.4 Å². The van der Waals surface area contributed by atoms with Gasteiger partial charge in [0.1, 0.15) is 17.2 Å². The normalized spacial score (nSPS) is 14.4. The number of carbonyl (C=O) groups is 2. The Morgan fingerprint density at radius 3 is 2.60 bits per heavy atom. The fourth-order valence-electron chi connectivity index (χ4n) is 3.73. The first-order chi connectivity index (χ1) is 16.9. The molecule has 1 atom stereocenters. The van der Waals surface area contributed by atoms with E-state index in [0.29, 0.717) is 52.8 Å². The average Bonchev–Trinajstić information content (AvgIpc) is 2.85. The fraction of sp³-hybridized carbons (Fsp3) is 0.200. The van der Waals surface area contributed by atoms with Gasteiger partial charge in [0.15, 0.2) is 0 Å². The van der Waals surface area contributed by atoms with Crippen LogP contribution in [0.2, 0.25) is 10.0 Å². The summed E-state index contributed by atoms with van der Waals surface area (Å²) in [5, 5.41) is 6.33. The first-order valence-corrected chi connectivity index (χ1v) is 12.2. The molecular weight excluding hydrogens is 559 g/mol. The van der Waals surface area contributed by atoms with Crippen LogP contribution in [0.25, 0.3) is 0 Å². The van der Waals surface area contributed by atoms with Crippen LogP contribution >= 0.6 is 39.1 Å². The molecule has 180 valence electrons. The summed E-state index contributed by atoms with van der Waals surface area (Å²) in [5.41, 5.74) is 2.04. The minimum absolute atomic E-state index is 0.207. The lowest BCUT2D eigenvalue weighted by Gasteiger charge is -2.24. The van der Waals surface area contributed by atoms with Crippen molar-refractivity contribution in [3.63, 3.8) is 0 Å². The van der Waals surface area contributed by atoms with E-state index < -0.39 is 11.8 Å². The second kappa shape index (κ2) is 11.2. The minimum atomic E-state index is -0.756. The summed E-state index contributed by atoms with van der Waals surface area (Å²) in [4.78, 5) is 35.0. The van der Waals surface area contributed by atoms with Crippen molar-refractivity contribution in [2.24, 2.45) is 5.18 Å². The van der Waals surface area contributed by atoms with Crippen LogP contribution in [0.5, 0.6) is 17.2 Å². The Labute approximate surface area is 219 Å². The van der Waals surface area contributed by atoms with Crippen LogP contribution in [0.3, 0.4) is 0 Å². The molecule has 1 heterocycles. The van der Waals surface area contributed by atoms with E-state index in [1.165, 1.54) is 0 Å². The number of hydrogen-bond acceptors (Lipinski definition) is 5. The number of halogens is 3. The number of ether oxygens (including phenoxy) is 2. The van der Waals surface area contributed by atoms with Gasteiger partial charge in [0.25, 0.3) is 11.8 Å². The monoisotopic (exact) mass is 576 g/mol. The lowest BCUT2D eigenvalue weighted by molar-refractivity contribution is -0.119. The number of amides is 2. The van der Waals surface area contributed by atoms with E-state index in [9.17, 15) is 14.5 Å². The van der Waals surface area contributed by atoms with Crippen molar-refractivity contribution >= 4 is 50.9 Å². The molecule has 1 N–H and O–H groups in total. The van der Waals surface area contributed by atoms with Crippen LogP contribution in [0.15, 0.2) is 64.2 Å². The summed E-state index contributed by atoms with van der Waals surface area (Å²) in [5.74, 6) is -0.438. The van der Waals surface area contributed by atoms with Gasteiger partial charge in [-0.3, -0.25) is 9.59 Å². The second-order valence-corrected chi connectivity index (χ2v) is 9.51. The molecule has 3 aromatic carbocycles. The van der Waals surface area contributed by atoms with Crippen molar-refractivity contribution in [3.05, 3.63) is 90.7 Å². The van der Waals surface area contributed by atoms with Gasteiger partial charge in [-0.15, -0.1) is 4.91 Å². The number of benzene rings is 3. The third kappa shape index (κ3) is 6.01. The number of nitroso groups, excluding NO2 is 1. The zero-order valence-corrected chi connectivity index (χ0v) is 21.3. The van der Waals surface area contributed by atoms with Gasteiger partial charge in [0, 0.05) is 38.4 Å². The zero-order valence-electron chi connectivity index (χ0n) is 18.2. The lowest BCUT2D eigenvalue weighted by Crippen LogP contribution is -2.25. The van der Waals surface area contributed by atoms with Crippen LogP contribution in [0, 0.1) is 4.91 Å². The van der Waals surface area contributed by atoms with Gasteiger partial charge in [0.2, 0.25) is 0 Å². The highest BCUT2D eigenvalue weighted by Crippen LogP contribution is 2.42. The van der Waals surface area contributed by atoms with E-state index in [0.717, 1.165) is 10.0 Å². The molecule has 10 heteroatoms. The number of carbonyl (C=O) groups excluding carboxylic acids is 2.